The molecule has 0 heterocycles. The van der Waals surface area contributed by atoms with E-state index >= 15 is 0 Å². The minimum absolute atomic E-state index is 0.782. The lowest BCUT2D eigenvalue weighted by atomic mass is 10.0. The SMILES string of the molecule is CCCCCOc1ccc(CNc2cccc3ccccc23)c2ccccc12. The molecule has 1 N–H and O–H groups in total. The van der Waals surface area contributed by atoms with E-state index < -0.39 is 0 Å². The highest BCUT2D eigenvalue weighted by molar-refractivity contribution is 5.94. The zero-order valence-corrected chi connectivity index (χ0v) is 16.4. The van der Waals surface area contributed by atoms with Crippen LogP contribution in [0.4, 0.5) is 5.69 Å². The zero-order valence-electron chi connectivity index (χ0n) is 16.4. The summed E-state index contributed by atoms with van der Waals surface area (Å²) in [6.07, 6.45) is 3.53. The third-order valence-electron chi connectivity index (χ3n) is 5.24. The van der Waals surface area contributed by atoms with E-state index in [4.69, 9.17) is 4.74 Å². The minimum atomic E-state index is 0.782. The van der Waals surface area contributed by atoms with Crippen LogP contribution >= 0.6 is 0 Å². The number of unbranched alkanes of at least 4 members (excludes halogenated alkanes) is 2. The summed E-state index contributed by atoms with van der Waals surface area (Å²) in [5.41, 5.74) is 2.45. The summed E-state index contributed by atoms with van der Waals surface area (Å²) in [6, 6.07) is 27.8. The van der Waals surface area contributed by atoms with Gasteiger partial charge in [0, 0.05) is 23.0 Å². The molecule has 0 atom stereocenters. The van der Waals surface area contributed by atoms with Gasteiger partial charge in [0.2, 0.25) is 0 Å². The van der Waals surface area contributed by atoms with Gasteiger partial charge in [-0.2, -0.15) is 0 Å². The Hall–Kier alpha value is -3.00. The number of nitrogens with one attached hydrogen (secondary N) is 1. The predicted molar refractivity (Wildman–Crippen MR) is 120 cm³/mol. The fourth-order valence-electron chi connectivity index (χ4n) is 3.72. The van der Waals surface area contributed by atoms with Crippen molar-refractivity contribution in [3.63, 3.8) is 0 Å². The topological polar surface area (TPSA) is 21.3 Å². The van der Waals surface area contributed by atoms with Gasteiger partial charge in [-0.05, 0) is 34.9 Å². The third-order valence-corrected chi connectivity index (χ3v) is 5.24. The summed E-state index contributed by atoms with van der Waals surface area (Å²) in [6.45, 7) is 3.78. The highest BCUT2D eigenvalue weighted by Crippen LogP contribution is 2.30. The van der Waals surface area contributed by atoms with Gasteiger partial charge in [-0.1, -0.05) is 86.5 Å². The molecule has 4 aromatic carbocycles. The molecule has 142 valence electrons. The Balaban J connectivity index is 1.57. The summed E-state index contributed by atoms with van der Waals surface area (Å²) < 4.78 is 6.08. The number of anilines is 1. The van der Waals surface area contributed by atoms with Crippen LogP contribution in [-0.4, -0.2) is 6.61 Å². The quantitative estimate of drug-likeness (QED) is 0.332. The van der Waals surface area contributed by atoms with Crippen molar-refractivity contribution in [1.29, 1.82) is 0 Å². The number of hydrogen-bond donors (Lipinski definition) is 1. The van der Waals surface area contributed by atoms with Crippen molar-refractivity contribution < 1.29 is 4.74 Å². The van der Waals surface area contributed by atoms with Crippen LogP contribution in [-0.2, 0) is 6.54 Å². The molecule has 0 amide bonds. The lowest BCUT2D eigenvalue weighted by Gasteiger charge is -2.14. The van der Waals surface area contributed by atoms with E-state index in [0.717, 1.165) is 25.3 Å². The Bertz CT molecular complexity index is 1060. The average molecular weight is 370 g/mol. The Labute approximate surface area is 167 Å². The van der Waals surface area contributed by atoms with Gasteiger partial charge < -0.3 is 10.1 Å². The lowest BCUT2D eigenvalue weighted by Crippen LogP contribution is -2.02. The first-order valence-corrected chi connectivity index (χ1v) is 10.2. The predicted octanol–water partition coefficient (Wildman–Crippen LogP) is 7.17. The molecule has 2 nitrogen and oxygen atoms in total. The molecule has 4 rings (SSSR count). The van der Waals surface area contributed by atoms with Crippen LogP contribution in [0.25, 0.3) is 21.5 Å². The van der Waals surface area contributed by atoms with E-state index in [-0.39, 0.29) is 0 Å². The van der Waals surface area contributed by atoms with Crippen molar-refractivity contribution in [3.8, 4) is 5.75 Å². The van der Waals surface area contributed by atoms with Crippen LogP contribution in [0.15, 0.2) is 78.9 Å². The first kappa shape index (κ1) is 18.4. The van der Waals surface area contributed by atoms with Gasteiger partial charge in [0.15, 0.2) is 0 Å². The second kappa shape index (κ2) is 8.79. The van der Waals surface area contributed by atoms with Crippen molar-refractivity contribution in [2.45, 2.75) is 32.7 Å². The Morgan fingerprint density at radius 2 is 1.46 bits per heavy atom. The standard InChI is InChI=1S/C26H27NO/c1-2-3-8-18-28-26-17-16-21(22-12-6-7-14-24(22)26)19-27-25-15-9-11-20-10-4-5-13-23(20)25/h4-7,9-17,27H,2-3,8,18-19H2,1H3. The normalized spacial score (nSPS) is 11.0. The summed E-state index contributed by atoms with van der Waals surface area (Å²) in [5.74, 6) is 0.987. The molecule has 0 radical (unpaired) electrons. The molecule has 0 fully saturated rings. The molecule has 0 aliphatic heterocycles. The number of rotatable bonds is 8. The van der Waals surface area contributed by atoms with Crippen LogP contribution in [0.2, 0.25) is 0 Å². The second-order valence-electron chi connectivity index (χ2n) is 7.20. The van der Waals surface area contributed by atoms with Gasteiger partial charge in [0.1, 0.15) is 5.75 Å². The van der Waals surface area contributed by atoms with E-state index in [1.165, 1.54) is 45.6 Å². The largest absolute Gasteiger partial charge is 0.493 e. The summed E-state index contributed by atoms with van der Waals surface area (Å²) in [5, 5.41) is 8.59. The number of ether oxygens (including phenoxy) is 1. The molecule has 0 unspecified atom stereocenters. The van der Waals surface area contributed by atoms with Crippen molar-refractivity contribution in [2.24, 2.45) is 0 Å². The molecule has 0 spiro atoms. The van der Waals surface area contributed by atoms with E-state index in [2.05, 4.69) is 91.1 Å². The van der Waals surface area contributed by atoms with Crippen LogP contribution in [0.5, 0.6) is 5.75 Å². The molecule has 0 aromatic heterocycles. The fourth-order valence-corrected chi connectivity index (χ4v) is 3.72. The molecular weight excluding hydrogens is 342 g/mol. The Morgan fingerprint density at radius 1 is 0.714 bits per heavy atom. The van der Waals surface area contributed by atoms with Crippen LogP contribution in [0.3, 0.4) is 0 Å². The van der Waals surface area contributed by atoms with E-state index in [0.29, 0.717) is 0 Å². The summed E-state index contributed by atoms with van der Waals surface area (Å²) in [7, 11) is 0. The van der Waals surface area contributed by atoms with E-state index in [1.54, 1.807) is 0 Å². The first-order valence-electron chi connectivity index (χ1n) is 10.2. The van der Waals surface area contributed by atoms with Gasteiger partial charge in [0.25, 0.3) is 0 Å². The number of benzene rings is 4. The molecule has 0 bridgehead atoms. The highest BCUT2D eigenvalue weighted by Gasteiger charge is 2.08. The van der Waals surface area contributed by atoms with E-state index in [1.807, 2.05) is 0 Å². The molecule has 0 aliphatic carbocycles. The Kier molecular flexibility index (Phi) is 5.77. The van der Waals surface area contributed by atoms with Gasteiger partial charge >= 0.3 is 0 Å². The van der Waals surface area contributed by atoms with Gasteiger partial charge in [0.05, 0.1) is 6.61 Å². The van der Waals surface area contributed by atoms with Crippen molar-refractivity contribution in [1.82, 2.24) is 0 Å². The van der Waals surface area contributed by atoms with Crippen LogP contribution < -0.4 is 10.1 Å². The molecule has 0 saturated heterocycles. The maximum Gasteiger partial charge on any atom is 0.127 e. The van der Waals surface area contributed by atoms with Crippen molar-refractivity contribution >= 4 is 27.2 Å². The smallest absolute Gasteiger partial charge is 0.127 e. The maximum absolute atomic E-state index is 6.08. The summed E-state index contributed by atoms with van der Waals surface area (Å²) in [4.78, 5) is 0. The van der Waals surface area contributed by atoms with Crippen LogP contribution in [0.1, 0.15) is 31.7 Å². The summed E-state index contributed by atoms with van der Waals surface area (Å²) >= 11 is 0. The highest BCUT2D eigenvalue weighted by atomic mass is 16.5. The zero-order chi connectivity index (χ0) is 19.2. The van der Waals surface area contributed by atoms with Gasteiger partial charge in [-0.15, -0.1) is 0 Å². The monoisotopic (exact) mass is 369 g/mol. The van der Waals surface area contributed by atoms with E-state index in [9.17, 15) is 0 Å². The number of hydrogen-bond acceptors (Lipinski definition) is 2. The number of fused-ring (bicyclic) bond motifs is 2. The average Bonchev–Trinajstić information content (AvgIpc) is 2.76. The minimum Gasteiger partial charge on any atom is -0.493 e. The third kappa shape index (κ3) is 3.96. The molecule has 0 saturated carbocycles. The molecular formula is C26H27NO. The van der Waals surface area contributed by atoms with Gasteiger partial charge in [-0.25, -0.2) is 0 Å². The fraction of sp³-hybridized carbons (Fsp3) is 0.231. The Morgan fingerprint density at radius 3 is 2.32 bits per heavy atom. The maximum atomic E-state index is 6.08. The van der Waals surface area contributed by atoms with Crippen molar-refractivity contribution in [2.75, 3.05) is 11.9 Å². The molecule has 2 heteroatoms. The molecule has 4 aromatic rings. The van der Waals surface area contributed by atoms with Gasteiger partial charge in [-0.3, -0.25) is 0 Å². The lowest BCUT2D eigenvalue weighted by molar-refractivity contribution is 0.310. The van der Waals surface area contributed by atoms with Crippen LogP contribution in [0, 0.1) is 0 Å². The molecule has 0 aliphatic rings. The first-order chi connectivity index (χ1) is 13.9. The van der Waals surface area contributed by atoms with Crippen molar-refractivity contribution in [3.05, 3.63) is 84.4 Å². The second-order valence-corrected chi connectivity index (χ2v) is 7.20. The molecule has 28 heavy (non-hydrogen) atoms.